The molecule has 4 N–H and O–H groups in total. The molecule has 25 heavy (non-hydrogen) atoms. The molecule has 7 nitrogen and oxygen atoms in total. The minimum Gasteiger partial charge on any atom is -0.368 e. The number of carbonyl (C=O) groups excluding carboxylic acids is 2. The van der Waals surface area contributed by atoms with E-state index in [1.54, 1.807) is 0 Å². The molecular formula is C18H25N3O4. The summed E-state index contributed by atoms with van der Waals surface area (Å²) in [5.74, 6) is -0.240. The Labute approximate surface area is 147 Å². The van der Waals surface area contributed by atoms with Crippen molar-refractivity contribution >= 4 is 17.5 Å². The van der Waals surface area contributed by atoms with Gasteiger partial charge in [-0.25, -0.2) is 0 Å². The molecule has 1 unspecified atom stereocenters. The molecule has 136 valence electrons. The molecule has 2 amide bonds. The van der Waals surface area contributed by atoms with Crippen LogP contribution < -0.4 is 16.4 Å². The third-order valence-electron chi connectivity index (χ3n) is 4.55. The fourth-order valence-electron chi connectivity index (χ4n) is 3.14. The lowest BCUT2D eigenvalue weighted by atomic mass is 10.1. The summed E-state index contributed by atoms with van der Waals surface area (Å²) in [6.45, 7) is 1.46. The highest BCUT2D eigenvalue weighted by atomic mass is 16.5. The monoisotopic (exact) mass is 347 g/mol. The lowest BCUT2D eigenvalue weighted by Gasteiger charge is -2.14. The summed E-state index contributed by atoms with van der Waals surface area (Å²) in [5.41, 5.74) is 7.17. The van der Waals surface area contributed by atoms with Crippen LogP contribution in [0.1, 0.15) is 31.2 Å². The van der Waals surface area contributed by atoms with E-state index in [1.807, 2.05) is 24.3 Å². The van der Waals surface area contributed by atoms with Gasteiger partial charge in [0.25, 0.3) is 5.91 Å². The van der Waals surface area contributed by atoms with Gasteiger partial charge < -0.3 is 25.8 Å². The van der Waals surface area contributed by atoms with Crippen LogP contribution in [0, 0.1) is 0 Å². The van der Waals surface area contributed by atoms with E-state index in [1.165, 1.54) is 0 Å². The molecule has 0 aliphatic carbocycles. The highest BCUT2D eigenvalue weighted by Gasteiger charge is 2.29. The average Bonchev–Trinajstić information content (AvgIpc) is 3.31. The van der Waals surface area contributed by atoms with Crippen molar-refractivity contribution in [1.29, 1.82) is 0 Å². The molecule has 0 spiro atoms. The molecule has 2 heterocycles. The number of amides is 2. The van der Waals surface area contributed by atoms with Crippen LogP contribution in [0.2, 0.25) is 0 Å². The lowest BCUT2D eigenvalue weighted by molar-refractivity contribution is -0.132. The zero-order valence-corrected chi connectivity index (χ0v) is 14.2. The van der Waals surface area contributed by atoms with Crippen molar-refractivity contribution in [2.24, 2.45) is 5.73 Å². The third-order valence-corrected chi connectivity index (χ3v) is 4.55. The van der Waals surface area contributed by atoms with Crippen LogP contribution in [0.3, 0.4) is 0 Å². The Bertz CT molecular complexity index is 616. The molecule has 0 bridgehead atoms. The van der Waals surface area contributed by atoms with E-state index in [-0.39, 0.29) is 24.0 Å². The number of nitrogens with one attached hydrogen (secondary N) is 2. The Morgan fingerprint density at radius 2 is 2.04 bits per heavy atom. The SMILES string of the molecule is NC[C@H]1CC[C@@H](C(=O)NCc2cccc(NC(=O)C3CCCO3)c2)O1. The largest absolute Gasteiger partial charge is 0.368 e. The molecule has 0 aromatic heterocycles. The summed E-state index contributed by atoms with van der Waals surface area (Å²) >= 11 is 0. The molecule has 2 aliphatic heterocycles. The minimum atomic E-state index is -0.420. The van der Waals surface area contributed by atoms with E-state index >= 15 is 0 Å². The van der Waals surface area contributed by atoms with Gasteiger partial charge in [-0.1, -0.05) is 12.1 Å². The molecule has 7 heteroatoms. The van der Waals surface area contributed by atoms with Gasteiger partial charge in [0.2, 0.25) is 5.91 Å². The van der Waals surface area contributed by atoms with Crippen LogP contribution in [-0.2, 0) is 25.6 Å². The number of hydrogen-bond donors (Lipinski definition) is 3. The summed E-state index contributed by atoms with van der Waals surface area (Å²) in [5, 5.41) is 5.74. The van der Waals surface area contributed by atoms with Gasteiger partial charge in [-0.2, -0.15) is 0 Å². The van der Waals surface area contributed by atoms with Crippen molar-refractivity contribution < 1.29 is 19.1 Å². The van der Waals surface area contributed by atoms with Crippen molar-refractivity contribution in [3.05, 3.63) is 29.8 Å². The molecule has 3 rings (SSSR count). The topological polar surface area (TPSA) is 103 Å². The zero-order chi connectivity index (χ0) is 17.6. The maximum Gasteiger partial charge on any atom is 0.253 e. The van der Waals surface area contributed by atoms with Gasteiger partial charge in [0.15, 0.2) is 0 Å². The predicted octanol–water partition coefficient (Wildman–Crippen LogP) is 0.927. The summed E-state index contributed by atoms with van der Waals surface area (Å²) in [4.78, 5) is 24.2. The first kappa shape index (κ1) is 17.8. The van der Waals surface area contributed by atoms with Crippen LogP contribution >= 0.6 is 0 Å². The molecule has 2 aliphatic rings. The van der Waals surface area contributed by atoms with Gasteiger partial charge in [0, 0.05) is 25.4 Å². The van der Waals surface area contributed by atoms with Crippen LogP contribution in [0.5, 0.6) is 0 Å². The minimum absolute atomic E-state index is 0.0212. The summed E-state index contributed by atoms with van der Waals surface area (Å²) in [7, 11) is 0. The summed E-state index contributed by atoms with van der Waals surface area (Å²) < 4.78 is 11.0. The fourth-order valence-corrected chi connectivity index (χ4v) is 3.14. The van der Waals surface area contributed by atoms with Gasteiger partial charge in [0.1, 0.15) is 12.2 Å². The molecule has 3 atom stereocenters. The Morgan fingerprint density at radius 3 is 2.76 bits per heavy atom. The van der Waals surface area contributed by atoms with E-state index in [4.69, 9.17) is 15.2 Å². The Hall–Kier alpha value is -1.96. The quantitative estimate of drug-likeness (QED) is 0.710. The van der Waals surface area contributed by atoms with Crippen molar-refractivity contribution in [3.8, 4) is 0 Å². The molecule has 2 fully saturated rings. The van der Waals surface area contributed by atoms with Gasteiger partial charge in [0.05, 0.1) is 6.10 Å². The van der Waals surface area contributed by atoms with Crippen molar-refractivity contribution in [3.63, 3.8) is 0 Å². The van der Waals surface area contributed by atoms with Gasteiger partial charge in [-0.3, -0.25) is 9.59 Å². The zero-order valence-electron chi connectivity index (χ0n) is 14.2. The first-order valence-corrected chi connectivity index (χ1v) is 8.80. The van der Waals surface area contributed by atoms with E-state index in [0.29, 0.717) is 31.8 Å². The molecule has 1 aromatic carbocycles. The predicted molar refractivity (Wildman–Crippen MR) is 92.8 cm³/mol. The Morgan fingerprint density at radius 1 is 1.16 bits per heavy atom. The Kier molecular flexibility index (Phi) is 6.01. The second-order valence-corrected chi connectivity index (χ2v) is 6.47. The van der Waals surface area contributed by atoms with Crippen molar-refractivity contribution in [2.75, 3.05) is 18.5 Å². The number of hydrogen-bond acceptors (Lipinski definition) is 5. The van der Waals surface area contributed by atoms with Crippen LogP contribution in [0.25, 0.3) is 0 Å². The highest BCUT2D eigenvalue weighted by Crippen LogP contribution is 2.19. The average molecular weight is 347 g/mol. The van der Waals surface area contributed by atoms with Gasteiger partial charge in [-0.15, -0.1) is 0 Å². The maximum atomic E-state index is 12.2. The van der Waals surface area contributed by atoms with Crippen LogP contribution in [0.15, 0.2) is 24.3 Å². The lowest BCUT2D eigenvalue weighted by Crippen LogP contribution is -2.35. The second kappa shape index (κ2) is 8.42. The van der Waals surface area contributed by atoms with E-state index in [0.717, 1.165) is 24.8 Å². The van der Waals surface area contributed by atoms with E-state index in [2.05, 4.69) is 10.6 Å². The molecule has 0 saturated carbocycles. The number of carbonyl (C=O) groups is 2. The number of nitrogens with two attached hydrogens (primary N) is 1. The summed E-state index contributed by atoms with van der Waals surface area (Å²) in [6.07, 6.45) is 2.39. The maximum absolute atomic E-state index is 12.2. The van der Waals surface area contributed by atoms with Gasteiger partial charge in [-0.05, 0) is 43.4 Å². The van der Waals surface area contributed by atoms with Gasteiger partial charge >= 0.3 is 0 Å². The smallest absolute Gasteiger partial charge is 0.253 e. The Balaban J connectivity index is 1.49. The molecular weight excluding hydrogens is 322 g/mol. The first-order chi connectivity index (χ1) is 12.2. The molecule has 2 saturated heterocycles. The van der Waals surface area contributed by atoms with Crippen molar-refractivity contribution in [1.82, 2.24) is 5.32 Å². The standard InChI is InChI=1S/C18H25N3O4/c19-10-14-6-7-16(25-14)17(22)20-11-12-3-1-4-13(9-12)21-18(23)15-5-2-8-24-15/h1,3-4,9,14-16H,2,5-8,10-11,19H2,(H,20,22)(H,21,23)/t14-,15?,16+/m1/s1. The van der Waals surface area contributed by atoms with Crippen LogP contribution in [-0.4, -0.2) is 43.3 Å². The number of benzene rings is 1. The first-order valence-electron chi connectivity index (χ1n) is 8.80. The molecule has 0 radical (unpaired) electrons. The second-order valence-electron chi connectivity index (χ2n) is 6.47. The van der Waals surface area contributed by atoms with Crippen molar-refractivity contribution in [2.45, 2.75) is 50.5 Å². The number of ether oxygens (including phenoxy) is 2. The number of anilines is 1. The normalized spacial score (nSPS) is 25.7. The molecule has 1 aromatic rings. The summed E-state index contributed by atoms with van der Waals surface area (Å²) in [6, 6.07) is 7.43. The van der Waals surface area contributed by atoms with Crippen LogP contribution in [0.4, 0.5) is 5.69 Å². The fraction of sp³-hybridized carbons (Fsp3) is 0.556. The number of rotatable bonds is 6. The van der Waals surface area contributed by atoms with E-state index in [9.17, 15) is 9.59 Å². The van der Waals surface area contributed by atoms with E-state index < -0.39 is 6.10 Å². The third kappa shape index (κ3) is 4.78. The highest BCUT2D eigenvalue weighted by molar-refractivity contribution is 5.94.